The Hall–Kier alpha value is -1.84. The van der Waals surface area contributed by atoms with Crippen LogP contribution in [0.1, 0.15) is 17.5 Å². The second kappa shape index (κ2) is 5.66. The lowest BCUT2D eigenvalue weighted by Crippen LogP contribution is -2.28. The maximum atomic E-state index is 13.0. The smallest absolute Gasteiger partial charge is 0.211 e. The molecule has 1 aromatic heterocycles. The van der Waals surface area contributed by atoms with E-state index in [9.17, 15) is 4.79 Å². The monoisotopic (exact) mass is 341 g/mol. The number of fused-ring (bicyclic) bond motifs is 2. The lowest BCUT2D eigenvalue weighted by molar-refractivity contribution is 0.765. The Kier molecular flexibility index (Phi) is 3.63. The molecule has 0 saturated heterocycles. The van der Waals surface area contributed by atoms with Gasteiger partial charge in [-0.25, -0.2) is 0 Å². The Morgan fingerprint density at radius 1 is 1.13 bits per heavy atom. The third-order valence-corrected chi connectivity index (χ3v) is 5.55. The van der Waals surface area contributed by atoms with E-state index in [4.69, 9.17) is 11.6 Å². The van der Waals surface area contributed by atoms with Gasteiger partial charge < -0.3 is 4.90 Å². The van der Waals surface area contributed by atoms with Gasteiger partial charge in [0.2, 0.25) is 5.43 Å². The fraction of sp³-hybridized carbons (Fsp3) is 0.211. The summed E-state index contributed by atoms with van der Waals surface area (Å²) < 4.78 is 0.976. The lowest BCUT2D eigenvalue weighted by Gasteiger charge is -2.31. The van der Waals surface area contributed by atoms with Gasteiger partial charge in [0.1, 0.15) is 0 Å². The minimum Gasteiger partial charge on any atom is -0.337 e. The Morgan fingerprint density at radius 3 is 2.87 bits per heavy atom. The van der Waals surface area contributed by atoms with Gasteiger partial charge in [0.05, 0.1) is 5.69 Å². The number of anilines is 2. The molecule has 116 valence electrons. The zero-order valence-corrected chi connectivity index (χ0v) is 14.4. The van der Waals surface area contributed by atoms with Crippen molar-refractivity contribution in [2.24, 2.45) is 0 Å². The van der Waals surface area contributed by atoms with Gasteiger partial charge in [-0.15, -0.1) is 11.3 Å². The Bertz CT molecular complexity index is 963. The van der Waals surface area contributed by atoms with Crippen LogP contribution in [0.4, 0.5) is 11.4 Å². The average Bonchev–Trinajstić information content (AvgIpc) is 2.55. The third-order valence-electron chi connectivity index (χ3n) is 4.36. The molecule has 0 aliphatic carbocycles. The predicted molar refractivity (Wildman–Crippen MR) is 99.6 cm³/mol. The zero-order chi connectivity index (χ0) is 16.0. The predicted octanol–water partition coefficient (Wildman–Crippen LogP) is 5.31. The topological polar surface area (TPSA) is 20.3 Å². The third kappa shape index (κ3) is 2.54. The van der Waals surface area contributed by atoms with Gasteiger partial charge in [-0.1, -0.05) is 29.3 Å². The van der Waals surface area contributed by atoms with E-state index in [0.717, 1.165) is 35.5 Å². The number of hydrogen-bond donors (Lipinski definition) is 0. The Morgan fingerprint density at radius 2 is 2.00 bits per heavy atom. The van der Waals surface area contributed by atoms with Crippen LogP contribution < -0.4 is 10.3 Å². The van der Waals surface area contributed by atoms with E-state index < -0.39 is 0 Å². The van der Waals surface area contributed by atoms with Crippen LogP contribution >= 0.6 is 22.9 Å². The highest BCUT2D eigenvalue weighted by Crippen LogP contribution is 2.34. The molecule has 0 spiro atoms. The molecular formula is C19H16ClNOS. The molecule has 2 nitrogen and oxygen atoms in total. The van der Waals surface area contributed by atoms with Crippen molar-refractivity contribution in [1.29, 1.82) is 0 Å². The van der Waals surface area contributed by atoms with Crippen molar-refractivity contribution in [1.82, 2.24) is 0 Å². The van der Waals surface area contributed by atoms with Gasteiger partial charge in [-0.3, -0.25) is 4.79 Å². The van der Waals surface area contributed by atoms with Gasteiger partial charge in [0.15, 0.2) is 0 Å². The molecule has 0 N–H and O–H groups in total. The van der Waals surface area contributed by atoms with Crippen LogP contribution in [-0.4, -0.2) is 6.54 Å². The van der Waals surface area contributed by atoms with E-state index in [2.05, 4.69) is 30.0 Å². The molecule has 23 heavy (non-hydrogen) atoms. The van der Waals surface area contributed by atoms with Crippen molar-refractivity contribution in [3.05, 3.63) is 68.2 Å². The number of benzene rings is 2. The summed E-state index contributed by atoms with van der Waals surface area (Å²) in [7, 11) is 0. The molecule has 1 aliphatic rings. The molecule has 0 amide bonds. The highest BCUT2D eigenvalue weighted by atomic mass is 35.5. The summed E-state index contributed by atoms with van der Waals surface area (Å²) in [5.41, 5.74) is 4.57. The summed E-state index contributed by atoms with van der Waals surface area (Å²) in [6, 6.07) is 12.0. The standard InChI is InChI=1S/C19H16ClNOS/c1-12-4-6-16-13(9-12)3-2-8-21(16)17-11-23-18-7-5-14(20)10-15(18)19(17)22/h4-7,9-11H,2-3,8H2,1H3. The minimum absolute atomic E-state index is 0.0645. The lowest BCUT2D eigenvalue weighted by atomic mass is 9.99. The van der Waals surface area contributed by atoms with Crippen LogP contribution in [0.3, 0.4) is 0 Å². The maximum absolute atomic E-state index is 13.0. The summed E-state index contributed by atoms with van der Waals surface area (Å²) >= 11 is 7.68. The second-order valence-electron chi connectivity index (χ2n) is 5.98. The minimum atomic E-state index is 0.0645. The summed E-state index contributed by atoms with van der Waals surface area (Å²) in [5.74, 6) is 0. The molecule has 0 unspecified atom stereocenters. The summed E-state index contributed by atoms with van der Waals surface area (Å²) in [4.78, 5) is 15.1. The van der Waals surface area contributed by atoms with Crippen molar-refractivity contribution in [3.8, 4) is 0 Å². The van der Waals surface area contributed by atoms with Gasteiger partial charge in [0.25, 0.3) is 0 Å². The molecule has 2 aromatic carbocycles. The Labute approximate surface area is 143 Å². The van der Waals surface area contributed by atoms with E-state index in [1.165, 1.54) is 11.1 Å². The first-order valence-corrected chi connectivity index (χ1v) is 8.97. The average molecular weight is 342 g/mol. The Balaban J connectivity index is 1.91. The normalized spacial score (nSPS) is 14.1. The van der Waals surface area contributed by atoms with E-state index in [1.54, 1.807) is 17.4 Å². The van der Waals surface area contributed by atoms with E-state index in [-0.39, 0.29) is 5.43 Å². The first kappa shape index (κ1) is 14.7. The summed E-state index contributed by atoms with van der Waals surface area (Å²) in [6.07, 6.45) is 2.14. The summed E-state index contributed by atoms with van der Waals surface area (Å²) in [6.45, 7) is 2.99. The molecule has 0 saturated carbocycles. The zero-order valence-electron chi connectivity index (χ0n) is 12.8. The number of aryl methyl sites for hydroxylation is 2. The van der Waals surface area contributed by atoms with Crippen LogP contribution in [0.2, 0.25) is 5.02 Å². The SMILES string of the molecule is Cc1ccc2c(c1)CCCN2c1csc2ccc(Cl)cc2c1=O. The van der Waals surface area contributed by atoms with Crippen molar-refractivity contribution in [2.75, 3.05) is 11.4 Å². The van der Waals surface area contributed by atoms with E-state index in [0.29, 0.717) is 10.4 Å². The number of nitrogens with zero attached hydrogens (tertiary/aromatic N) is 1. The van der Waals surface area contributed by atoms with E-state index in [1.807, 2.05) is 17.5 Å². The van der Waals surface area contributed by atoms with Crippen molar-refractivity contribution in [2.45, 2.75) is 19.8 Å². The van der Waals surface area contributed by atoms with Crippen molar-refractivity contribution in [3.63, 3.8) is 0 Å². The molecule has 0 bridgehead atoms. The molecule has 4 rings (SSSR count). The van der Waals surface area contributed by atoms with Crippen LogP contribution in [0, 0.1) is 6.92 Å². The fourth-order valence-corrected chi connectivity index (χ4v) is 4.33. The van der Waals surface area contributed by atoms with Gasteiger partial charge in [0, 0.05) is 32.7 Å². The van der Waals surface area contributed by atoms with Gasteiger partial charge in [-0.05, 0) is 49.6 Å². The van der Waals surface area contributed by atoms with Crippen LogP contribution in [0.25, 0.3) is 10.1 Å². The summed E-state index contributed by atoms with van der Waals surface area (Å²) in [5, 5.41) is 3.29. The largest absolute Gasteiger partial charge is 0.337 e. The van der Waals surface area contributed by atoms with Crippen molar-refractivity contribution >= 4 is 44.4 Å². The molecule has 0 fully saturated rings. The maximum Gasteiger partial charge on any atom is 0.211 e. The first-order valence-electron chi connectivity index (χ1n) is 7.71. The first-order chi connectivity index (χ1) is 11.1. The molecule has 0 radical (unpaired) electrons. The number of halogens is 1. The highest BCUT2D eigenvalue weighted by molar-refractivity contribution is 7.16. The van der Waals surface area contributed by atoms with Crippen LogP contribution in [0.15, 0.2) is 46.6 Å². The second-order valence-corrected chi connectivity index (χ2v) is 7.33. The van der Waals surface area contributed by atoms with Crippen LogP contribution in [0.5, 0.6) is 0 Å². The molecular weight excluding hydrogens is 326 g/mol. The van der Waals surface area contributed by atoms with Gasteiger partial charge in [-0.2, -0.15) is 0 Å². The van der Waals surface area contributed by atoms with E-state index >= 15 is 0 Å². The highest BCUT2D eigenvalue weighted by Gasteiger charge is 2.21. The van der Waals surface area contributed by atoms with Crippen molar-refractivity contribution < 1.29 is 0 Å². The molecule has 1 aliphatic heterocycles. The molecule has 3 aromatic rings. The fourth-order valence-electron chi connectivity index (χ4n) is 3.26. The number of rotatable bonds is 1. The molecule has 4 heteroatoms. The van der Waals surface area contributed by atoms with Crippen LogP contribution in [-0.2, 0) is 6.42 Å². The molecule has 2 heterocycles. The van der Waals surface area contributed by atoms with Gasteiger partial charge >= 0.3 is 0 Å². The molecule has 0 atom stereocenters. The quantitative estimate of drug-likeness (QED) is 0.598. The number of hydrogen-bond acceptors (Lipinski definition) is 3.